The summed E-state index contributed by atoms with van der Waals surface area (Å²) in [6.45, 7) is 6.59. The second-order valence-corrected chi connectivity index (χ2v) is 6.00. The third-order valence-corrected chi connectivity index (χ3v) is 3.33. The van der Waals surface area contributed by atoms with Crippen LogP contribution < -0.4 is 5.32 Å². The molecule has 0 aliphatic carbocycles. The summed E-state index contributed by atoms with van der Waals surface area (Å²) in [6.07, 6.45) is 4.14. The lowest BCUT2D eigenvalue weighted by atomic mass is 9.91. The molecule has 2 rings (SSSR count). The Bertz CT molecular complexity index is 541. The van der Waals surface area contributed by atoms with E-state index in [-0.39, 0.29) is 11.3 Å². The van der Waals surface area contributed by atoms with Crippen molar-refractivity contribution in [1.29, 1.82) is 0 Å². The number of imidazole rings is 1. The Morgan fingerprint density at radius 2 is 2.26 bits per heavy atom. The lowest BCUT2D eigenvalue weighted by Gasteiger charge is -2.16. The monoisotopic (exact) mass is 279 g/mol. The largest absolute Gasteiger partial charge is 0.351 e. The molecule has 0 aliphatic heterocycles. The molecular weight excluding hydrogens is 262 g/mol. The maximum Gasteiger partial charge on any atom is 0.264 e. The fourth-order valence-electron chi connectivity index (χ4n) is 1.64. The van der Waals surface area contributed by atoms with Gasteiger partial charge in [-0.05, 0) is 11.5 Å². The molecule has 0 bridgehead atoms. The van der Waals surface area contributed by atoms with Crippen molar-refractivity contribution in [3.05, 3.63) is 28.8 Å². The normalized spacial score (nSPS) is 11.5. The fourth-order valence-corrected chi connectivity index (χ4v) is 2.43. The Kier molecular flexibility index (Phi) is 3.94. The number of aromatic amines is 1. The average Bonchev–Trinajstić information content (AvgIpc) is 2.98. The highest BCUT2D eigenvalue weighted by Gasteiger charge is 2.25. The zero-order valence-electron chi connectivity index (χ0n) is 11.2. The van der Waals surface area contributed by atoms with E-state index in [2.05, 4.69) is 24.9 Å². The summed E-state index contributed by atoms with van der Waals surface area (Å²) in [5, 5.41) is 6.92. The van der Waals surface area contributed by atoms with Crippen LogP contribution >= 0.6 is 11.5 Å². The van der Waals surface area contributed by atoms with Gasteiger partial charge in [-0.3, -0.25) is 4.79 Å². The van der Waals surface area contributed by atoms with Crippen molar-refractivity contribution < 1.29 is 4.79 Å². The molecule has 102 valence electrons. The Labute approximate surface area is 115 Å². The molecule has 2 heterocycles. The number of carbonyl (C=O) groups excluding carboxylic acids is 1. The van der Waals surface area contributed by atoms with Crippen LogP contribution in [0.4, 0.5) is 0 Å². The van der Waals surface area contributed by atoms with Gasteiger partial charge in [0.2, 0.25) is 0 Å². The van der Waals surface area contributed by atoms with Gasteiger partial charge in [-0.15, -0.1) is 5.10 Å². The molecule has 2 N–H and O–H groups in total. The summed E-state index contributed by atoms with van der Waals surface area (Å²) < 4.78 is 3.88. The number of amides is 1. The molecule has 0 atom stereocenters. The first-order valence-corrected chi connectivity index (χ1v) is 6.85. The average molecular weight is 279 g/mol. The lowest BCUT2D eigenvalue weighted by Crippen LogP contribution is -2.28. The summed E-state index contributed by atoms with van der Waals surface area (Å²) >= 11 is 1.14. The summed E-state index contributed by atoms with van der Waals surface area (Å²) in [4.78, 5) is 19.8. The standard InChI is InChI=1S/C12H17N5OS/c1-12(2,3)10-9(19-17-16-10)11(18)15-5-4-8-13-6-7-14-8/h6-7H,4-5H2,1-3H3,(H,13,14)(H,15,18). The van der Waals surface area contributed by atoms with E-state index in [1.54, 1.807) is 12.4 Å². The summed E-state index contributed by atoms with van der Waals surface area (Å²) in [7, 11) is 0. The van der Waals surface area contributed by atoms with E-state index >= 15 is 0 Å². The molecule has 2 aromatic rings. The molecule has 0 aliphatic rings. The SMILES string of the molecule is CC(C)(C)c1nnsc1C(=O)NCCc1ncc[nH]1. The minimum absolute atomic E-state index is 0.119. The minimum atomic E-state index is -0.180. The summed E-state index contributed by atoms with van der Waals surface area (Å²) in [6, 6.07) is 0. The fraction of sp³-hybridized carbons (Fsp3) is 0.500. The number of hydrogen-bond acceptors (Lipinski definition) is 5. The van der Waals surface area contributed by atoms with E-state index in [1.165, 1.54) is 0 Å². The Balaban J connectivity index is 1.95. The number of nitrogens with zero attached hydrogens (tertiary/aromatic N) is 3. The number of nitrogens with one attached hydrogen (secondary N) is 2. The van der Waals surface area contributed by atoms with Crippen LogP contribution in [-0.4, -0.2) is 32.0 Å². The minimum Gasteiger partial charge on any atom is -0.351 e. The molecule has 6 nitrogen and oxygen atoms in total. The molecule has 0 aromatic carbocycles. The van der Waals surface area contributed by atoms with Gasteiger partial charge >= 0.3 is 0 Å². The highest BCUT2D eigenvalue weighted by Crippen LogP contribution is 2.25. The topological polar surface area (TPSA) is 83.6 Å². The highest BCUT2D eigenvalue weighted by molar-refractivity contribution is 7.08. The Morgan fingerprint density at radius 1 is 1.47 bits per heavy atom. The third-order valence-electron chi connectivity index (χ3n) is 2.61. The third kappa shape index (κ3) is 3.37. The number of carbonyl (C=O) groups is 1. The Hall–Kier alpha value is -1.76. The maximum atomic E-state index is 12.1. The van der Waals surface area contributed by atoms with Crippen LogP contribution in [0.1, 0.15) is 42.0 Å². The lowest BCUT2D eigenvalue weighted by molar-refractivity contribution is 0.0955. The number of rotatable bonds is 4. The molecule has 0 spiro atoms. The van der Waals surface area contributed by atoms with Crippen molar-refractivity contribution >= 4 is 17.4 Å². The van der Waals surface area contributed by atoms with E-state index in [0.29, 0.717) is 17.8 Å². The zero-order chi connectivity index (χ0) is 13.9. The van der Waals surface area contributed by atoms with Crippen LogP contribution in [0.3, 0.4) is 0 Å². The maximum absolute atomic E-state index is 12.1. The second-order valence-electron chi connectivity index (χ2n) is 5.24. The van der Waals surface area contributed by atoms with Crippen LogP contribution in [-0.2, 0) is 11.8 Å². The van der Waals surface area contributed by atoms with Crippen LogP contribution in [0.25, 0.3) is 0 Å². The first-order chi connectivity index (χ1) is 8.98. The summed E-state index contributed by atoms with van der Waals surface area (Å²) in [5.41, 5.74) is 0.564. The molecule has 7 heteroatoms. The molecular formula is C12H17N5OS. The van der Waals surface area contributed by atoms with Gasteiger partial charge in [-0.2, -0.15) is 0 Å². The van der Waals surface area contributed by atoms with E-state index in [9.17, 15) is 4.79 Å². The van der Waals surface area contributed by atoms with Crippen molar-refractivity contribution in [2.24, 2.45) is 0 Å². The van der Waals surface area contributed by atoms with Crippen molar-refractivity contribution in [3.8, 4) is 0 Å². The molecule has 0 radical (unpaired) electrons. The van der Waals surface area contributed by atoms with Gasteiger partial charge in [0.15, 0.2) is 0 Å². The second kappa shape index (κ2) is 5.48. The zero-order valence-corrected chi connectivity index (χ0v) is 12.0. The number of hydrogen-bond donors (Lipinski definition) is 2. The predicted molar refractivity (Wildman–Crippen MR) is 73.2 cm³/mol. The van der Waals surface area contributed by atoms with Crippen LogP contribution in [0, 0.1) is 0 Å². The quantitative estimate of drug-likeness (QED) is 0.889. The van der Waals surface area contributed by atoms with Gasteiger partial charge in [0.1, 0.15) is 10.7 Å². The molecule has 0 saturated carbocycles. The number of aromatic nitrogens is 4. The van der Waals surface area contributed by atoms with Gasteiger partial charge in [-0.25, -0.2) is 4.98 Å². The van der Waals surface area contributed by atoms with E-state index in [1.807, 2.05) is 20.8 Å². The smallest absolute Gasteiger partial charge is 0.264 e. The van der Waals surface area contributed by atoms with Crippen molar-refractivity contribution in [2.75, 3.05) is 6.54 Å². The van der Waals surface area contributed by atoms with Crippen molar-refractivity contribution in [3.63, 3.8) is 0 Å². The molecule has 19 heavy (non-hydrogen) atoms. The molecule has 2 aromatic heterocycles. The Morgan fingerprint density at radius 3 is 2.89 bits per heavy atom. The number of H-pyrrole nitrogens is 1. The van der Waals surface area contributed by atoms with Crippen LogP contribution in [0.5, 0.6) is 0 Å². The first kappa shape index (κ1) is 13.7. The molecule has 1 amide bonds. The van der Waals surface area contributed by atoms with Crippen LogP contribution in [0.15, 0.2) is 12.4 Å². The van der Waals surface area contributed by atoms with E-state index < -0.39 is 0 Å². The van der Waals surface area contributed by atoms with Gasteiger partial charge in [0.05, 0.1) is 5.69 Å². The highest BCUT2D eigenvalue weighted by atomic mass is 32.1. The first-order valence-electron chi connectivity index (χ1n) is 6.08. The van der Waals surface area contributed by atoms with E-state index in [4.69, 9.17) is 0 Å². The van der Waals surface area contributed by atoms with E-state index in [0.717, 1.165) is 23.1 Å². The molecule has 0 fully saturated rings. The molecule has 0 saturated heterocycles. The van der Waals surface area contributed by atoms with Crippen molar-refractivity contribution in [2.45, 2.75) is 32.6 Å². The van der Waals surface area contributed by atoms with Crippen LogP contribution in [0.2, 0.25) is 0 Å². The predicted octanol–water partition coefficient (Wildman–Crippen LogP) is 1.53. The van der Waals surface area contributed by atoms with Gasteiger partial charge in [-0.1, -0.05) is 25.3 Å². The summed E-state index contributed by atoms with van der Waals surface area (Å²) in [5.74, 6) is 0.741. The van der Waals surface area contributed by atoms with Gasteiger partial charge < -0.3 is 10.3 Å². The van der Waals surface area contributed by atoms with Crippen molar-refractivity contribution in [1.82, 2.24) is 24.9 Å². The van der Waals surface area contributed by atoms with Gasteiger partial charge in [0.25, 0.3) is 5.91 Å². The van der Waals surface area contributed by atoms with Gasteiger partial charge in [0, 0.05) is 30.8 Å². The molecule has 0 unspecified atom stereocenters.